The third-order valence-corrected chi connectivity index (χ3v) is 6.43. The number of hydrogen-bond donors (Lipinski definition) is 4. The van der Waals surface area contributed by atoms with Gasteiger partial charge in [-0.25, -0.2) is 8.42 Å². The maximum absolute atomic E-state index is 12.6. The fourth-order valence-electron chi connectivity index (χ4n) is 3.26. The molecule has 31 heavy (non-hydrogen) atoms. The summed E-state index contributed by atoms with van der Waals surface area (Å²) in [7, 11) is -5.46. The monoisotopic (exact) mass is 457 g/mol. The summed E-state index contributed by atoms with van der Waals surface area (Å²) >= 11 is 0. The van der Waals surface area contributed by atoms with E-state index in [1.54, 1.807) is 0 Å². The number of amides is 1. The van der Waals surface area contributed by atoms with Gasteiger partial charge >= 0.3 is 5.51 Å². The lowest BCUT2D eigenvalue weighted by Gasteiger charge is -2.30. The molecule has 0 bridgehead atoms. The smallest absolute Gasteiger partial charge is 0.393 e. The summed E-state index contributed by atoms with van der Waals surface area (Å²) in [5.41, 5.74) is -5.10. The van der Waals surface area contributed by atoms with Gasteiger partial charge in [-0.05, 0) is 43.5 Å². The van der Waals surface area contributed by atoms with Gasteiger partial charge in [0.1, 0.15) is 11.4 Å². The number of alkyl halides is 3. The van der Waals surface area contributed by atoms with Gasteiger partial charge in [0.15, 0.2) is 0 Å². The van der Waals surface area contributed by atoms with Gasteiger partial charge in [-0.1, -0.05) is 0 Å². The molecule has 1 heterocycles. The Hall–Kier alpha value is -3.11. The van der Waals surface area contributed by atoms with Crippen LogP contribution in [-0.4, -0.2) is 47.3 Å². The highest BCUT2D eigenvalue weighted by molar-refractivity contribution is 7.92. The van der Waals surface area contributed by atoms with Crippen molar-refractivity contribution in [3.63, 3.8) is 0 Å². The van der Waals surface area contributed by atoms with Gasteiger partial charge in [0, 0.05) is 11.7 Å². The standard InChI is InChI=1S/C18H18F3N5O4S/c19-18(20,21)31(29,30)13-4-1-11(2-5-13)24-16-14(9-23-26-16)17(28)25-15-6-3-12(27)7-10(15)8-22/h1-2,4-5,9-10,12,15,27H,3,6-7H2,(H,25,28)(H2,23,24,26). The molecule has 2 aromatic rings. The van der Waals surface area contributed by atoms with Crippen molar-refractivity contribution in [1.29, 1.82) is 5.26 Å². The predicted molar refractivity (Wildman–Crippen MR) is 102 cm³/mol. The molecule has 13 heteroatoms. The van der Waals surface area contributed by atoms with E-state index in [1.807, 2.05) is 0 Å². The van der Waals surface area contributed by atoms with Crippen LogP contribution in [0.1, 0.15) is 29.6 Å². The van der Waals surface area contributed by atoms with Crippen molar-refractivity contribution >= 4 is 27.2 Å². The molecule has 3 unspecified atom stereocenters. The molecule has 0 spiro atoms. The van der Waals surface area contributed by atoms with Crippen LogP contribution >= 0.6 is 0 Å². The van der Waals surface area contributed by atoms with Gasteiger partial charge in [0.25, 0.3) is 15.7 Å². The predicted octanol–water partition coefficient (Wildman–Crippen LogP) is 2.23. The number of sulfone groups is 1. The number of aliphatic hydroxyl groups is 1. The number of H-pyrrole nitrogens is 1. The number of anilines is 2. The van der Waals surface area contributed by atoms with Gasteiger partial charge in [0.05, 0.1) is 29.2 Å². The van der Waals surface area contributed by atoms with Crippen molar-refractivity contribution in [3.05, 3.63) is 36.0 Å². The van der Waals surface area contributed by atoms with Gasteiger partial charge in [-0.15, -0.1) is 0 Å². The average molecular weight is 457 g/mol. The first-order valence-electron chi connectivity index (χ1n) is 9.13. The Morgan fingerprint density at radius 2 is 1.94 bits per heavy atom. The maximum atomic E-state index is 12.6. The van der Waals surface area contributed by atoms with E-state index in [4.69, 9.17) is 0 Å². The van der Waals surface area contributed by atoms with Crippen LogP contribution in [-0.2, 0) is 9.84 Å². The van der Waals surface area contributed by atoms with Crippen LogP contribution in [0, 0.1) is 17.2 Å². The van der Waals surface area contributed by atoms with Crippen LogP contribution in [0.3, 0.4) is 0 Å². The molecule has 1 saturated carbocycles. The summed E-state index contributed by atoms with van der Waals surface area (Å²) in [5.74, 6) is -0.943. The van der Waals surface area contributed by atoms with Gasteiger partial charge < -0.3 is 15.7 Å². The molecule has 3 rings (SSSR count). The molecule has 9 nitrogen and oxygen atoms in total. The highest BCUT2D eigenvalue weighted by Gasteiger charge is 2.46. The largest absolute Gasteiger partial charge is 0.501 e. The van der Waals surface area contributed by atoms with Crippen molar-refractivity contribution in [2.24, 2.45) is 5.92 Å². The summed E-state index contributed by atoms with van der Waals surface area (Å²) in [6, 6.07) is 5.46. The Bertz CT molecular complexity index is 1090. The molecule has 1 aliphatic rings. The van der Waals surface area contributed by atoms with Gasteiger partial charge in [-0.3, -0.25) is 9.89 Å². The highest BCUT2D eigenvalue weighted by Crippen LogP contribution is 2.31. The Balaban J connectivity index is 1.72. The van der Waals surface area contributed by atoms with Crippen molar-refractivity contribution < 1.29 is 31.5 Å². The second-order valence-electron chi connectivity index (χ2n) is 7.04. The number of aromatic amines is 1. The van der Waals surface area contributed by atoms with Crippen LogP contribution in [0.25, 0.3) is 0 Å². The normalized spacial score (nSPS) is 21.8. The van der Waals surface area contributed by atoms with E-state index in [-0.39, 0.29) is 23.5 Å². The minimum absolute atomic E-state index is 0.0924. The molecule has 1 aromatic heterocycles. The van der Waals surface area contributed by atoms with Crippen LogP contribution in [0.15, 0.2) is 35.4 Å². The third-order valence-electron chi connectivity index (χ3n) is 4.93. The number of benzene rings is 1. The van der Waals surface area contributed by atoms with E-state index in [0.29, 0.717) is 12.8 Å². The molecular formula is C18H18F3N5O4S. The number of halogens is 3. The first-order valence-corrected chi connectivity index (χ1v) is 10.6. The van der Waals surface area contributed by atoms with Crippen LogP contribution < -0.4 is 10.6 Å². The zero-order chi connectivity index (χ0) is 22.8. The highest BCUT2D eigenvalue weighted by atomic mass is 32.2. The van der Waals surface area contributed by atoms with E-state index in [9.17, 15) is 36.8 Å². The second kappa shape index (κ2) is 8.56. The maximum Gasteiger partial charge on any atom is 0.501 e. The van der Waals surface area contributed by atoms with E-state index in [0.717, 1.165) is 24.3 Å². The van der Waals surface area contributed by atoms with Gasteiger partial charge in [-0.2, -0.15) is 23.5 Å². The van der Waals surface area contributed by atoms with E-state index in [1.165, 1.54) is 6.20 Å². The Kier molecular flexibility index (Phi) is 6.23. The van der Waals surface area contributed by atoms with E-state index in [2.05, 4.69) is 26.9 Å². The Labute approximate surface area is 175 Å². The lowest BCUT2D eigenvalue weighted by Crippen LogP contribution is -2.44. The van der Waals surface area contributed by atoms with Crippen molar-refractivity contribution in [2.45, 2.75) is 41.8 Å². The number of nitrogens with zero attached hydrogens (tertiary/aromatic N) is 2. The fraction of sp³-hybridized carbons (Fsp3) is 0.389. The van der Waals surface area contributed by atoms with Crippen molar-refractivity contribution in [3.8, 4) is 6.07 Å². The lowest BCUT2D eigenvalue weighted by atomic mass is 9.83. The first-order chi connectivity index (χ1) is 14.5. The zero-order valence-corrected chi connectivity index (χ0v) is 16.7. The molecular weight excluding hydrogens is 439 g/mol. The topological polar surface area (TPSA) is 148 Å². The summed E-state index contributed by atoms with van der Waals surface area (Å²) in [4.78, 5) is 11.7. The number of carbonyl (C=O) groups is 1. The summed E-state index contributed by atoms with van der Waals surface area (Å²) in [6.45, 7) is 0. The SMILES string of the molecule is N#CC1CC(O)CCC1NC(=O)c1cn[nH]c1Nc1ccc(S(=O)(=O)C(F)(F)F)cc1. The molecule has 0 radical (unpaired) electrons. The number of carbonyl (C=O) groups excluding carboxylic acids is 1. The minimum Gasteiger partial charge on any atom is -0.393 e. The molecule has 1 fully saturated rings. The molecule has 1 amide bonds. The number of nitrogens with one attached hydrogen (secondary N) is 3. The number of rotatable bonds is 5. The summed E-state index contributed by atoms with van der Waals surface area (Å²) < 4.78 is 60.8. The van der Waals surface area contributed by atoms with E-state index >= 15 is 0 Å². The lowest BCUT2D eigenvalue weighted by molar-refractivity contribution is -0.0436. The van der Waals surface area contributed by atoms with Gasteiger partial charge in [0.2, 0.25) is 0 Å². The summed E-state index contributed by atoms with van der Waals surface area (Å²) in [6.07, 6.45) is 1.78. The number of nitriles is 1. The number of aromatic nitrogens is 2. The molecule has 3 atom stereocenters. The first kappa shape index (κ1) is 22.6. The molecule has 166 valence electrons. The van der Waals surface area contributed by atoms with Crippen LogP contribution in [0.5, 0.6) is 0 Å². The van der Waals surface area contributed by atoms with Crippen LogP contribution in [0.2, 0.25) is 0 Å². The summed E-state index contributed by atoms with van der Waals surface area (Å²) in [5, 5.41) is 30.7. The molecule has 0 saturated heterocycles. The third kappa shape index (κ3) is 4.80. The average Bonchev–Trinajstić information content (AvgIpc) is 3.17. The zero-order valence-electron chi connectivity index (χ0n) is 15.8. The van der Waals surface area contributed by atoms with Crippen molar-refractivity contribution in [2.75, 3.05) is 5.32 Å². The van der Waals surface area contributed by atoms with E-state index < -0.39 is 44.2 Å². The molecule has 0 aliphatic heterocycles. The minimum atomic E-state index is -5.46. The van der Waals surface area contributed by atoms with Crippen LogP contribution in [0.4, 0.5) is 24.7 Å². The number of aliphatic hydroxyl groups excluding tert-OH is 1. The molecule has 1 aromatic carbocycles. The number of hydrogen-bond acceptors (Lipinski definition) is 7. The molecule has 1 aliphatic carbocycles. The Morgan fingerprint density at radius 3 is 2.55 bits per heavy atom. The van der Waals surface area contributed by atoms with Crippen molar-refractivity contribution in [1.82, 2.24) is 15.5 Å². The molecule has 4 N–H and O–H groups in total. The fourth-order valence-corrected chi connectivity index (χ4v) is 4.02. The quantitative estimate of drug-likeness (QED) is 0.538. The second-order valence-corrected chi connectivity index (χ2v) is 8.98. The Morgan fingerprint density at radius 1 is 1.26 bits per heavy atom.